The summed E-state index contributed by atoms with van der Waals surface area (Å²) in [5.41, 5.74) is 9.06. The van der Waals surface area contributed by atoms with E-state index in [1.54, 1.807) is 0 Å². The fourth-order valence-corrected chi connectivity index (χ4v) is 4.18. The van der Waals surface area contributed by atoms with Crippen molar-refractivity contribution < 1.29 is 0 Å². The smallest absolute Gasteiger partial charge is 0.328 e. The highest BCUT2D eigenvalue weighted by atomic mass is 15.1. The van der Waals surface area contributed by atoms with Crippen molar-refractivity contribution in [3.63, 3.8) is 0 Å². The summed E-state index contributed by atoms with van der Waals surface area (Å²) in [7, 11) is 0. The summed E-state index contributed by atoms with van der Waals surface area (Å²) in [5, 5.41) is 0. The lowest BCUT2D eigenvalue weighted by atomic mass is 9.46. The number of rotatable bonds is 2. The molecule has 0 N–H and O–H groups in total. The summed E-state index contributed by atoms with van der Waals surface area (Å²) in [5.74, 6) is 0. The van der Waals surface area contributed by atoms with Crippen LogP contribution in [0.3, 0.4) is 0 Å². The summed E-state index contributed by atoms with van der Waals surface area (Å²) in [6, 6.07) is 37.1. The van der Waals surface area contributed by atoms with Gasteiger partial charge in [0.15, 0.2) is 0 Å². The van der Waals surface area contributed by atoms with Gasteiger partial charge in [-0.25, -0.2) is 0 Å². The van der Waals surface area contributed by atoms with Crippen LogP contribution in [0.4, 0.5) is 11.4 Å². The Bertz CT molecular complexity index is 1090. The van der Waals surface area contributed by atoms with Crippen molar-refractivity contribution in [1.82, 2.24) is 0 Å². The number of aryl methyl sites for hydroxylation is 1. The van der Waals surface area contributed by atoms with Gasteiger partial charge in [-0.2, -0.15) is 0 Å². The van der Waals surface area contributed by atoms with Crippen LogP contribution in [-0.4, -0.2) is 6.85 Å². The predicted octanol–water partition coefficient (Wildman–Crippen LogP) is 4.92. The maximum atomic E-state index is 2.48. The summed E-state index contributed by atoms with van der Waals surface area (Å²) in [6.45, 7) is 2.32. The summed E-state index contributed by atoms with van der Waals surface area (Å²) in [4.78, 5) is 2.48. The van der Waals surface area contributed by atoms with Crippen LogP contribution in [0.25, 0.3) is 11.1 Å². The van der Waals surface area contributed by atoms with Crippen molar-refractivity contribution in [2.45, 2.75) is 6.92 Å². The molecule has 0 aromatic heterocycles. The molecule has 5 rings (SSSR count). The number of para-hydroxylation sites is 1. The van der Waals surface area contributed by atoms with Crippen molar-refractivity contribution in [3.8, 4) is 11.1 Å². The Balaban J connectivity index is 1.84. The minimum atomic E-state index is 0.153. The Morgan fingerprint density at radius 2 is 1.30 bits per heavy atom. The highest BCUT2D eigenvalue weighted by molar-refractivity contribution is 6.90. The molecule has 1 aliphatic heterocycles. The average Bonchev–Trinajstić information content (AvgIpc) is 2.74. The second kappa shape index (κ2) is 6.48. The number of fused-ring (bicyclic) bond motifs is 3. The van der Waals surface area contributed by atoms with Crippen LogP contribution in [0, 0.1) is 6.92 Å². The van der Waals surface area contributed by atoms with Crippen LogP contribution in [0.15, 0.2) is 103 Å². The molecular formula is C25H20BN. The van der Waals surface area contributed by atoms with Crippen molar-refractivity contribution in [2.75, 3.05) is 4.81 Å². The van der Waals surface area contributed by atoms with Crippen molar-refractivity contribution in [3.05, 3.63) is 109 Å². The number of nitrogens with zero attached hydrogens (tertiary/aromatic N) is 1. The first kappa shape index (κ1) is 16.0. The molecule has 2 heteroatoms. The fourth-order valence-electron chi connectivity index (χ4n) is 4.18. The molecule has 0 amide bonds. The van der Waals surface area contributed by atoms with Crippen LogP contribution in [0.1, 0.15) is 5.56 Å². The molecule has 0 saturated heterocycles. The SMILES string of the molecule is Cc1ccc2c(c1)-c1ccccc1B(c1ccccc1)N2c1ccccc1. The van der Waals surface area contributed by atoms with E-state index in [-0.39, 0.29) is 6.85 Å². The minimum absolute atomic E-state index is 0.153. The minimum Gasteiger partial charge on any atom is -0.376 e. The first-order valence-corrected chi connectivity index (χ1v) is 9.42. The number of anilines is 2. The molecule has 4 aromatic rings. The van der Waals surface area contributed by atoms with Gasteiger partial charge >= 0.3 is 6.85 Å². The van der Waals surface area contributed by atoms with Gasteiger partial charge in [0, 0.05) is 16.9 Å². The molecule has 1 heterocycles. The molecule has 4 aromatic carbocycles. The number of hydrogen-bond donors (Lipinski definition) is 0. The van der Waals surface area contributed by atoms with E-state index in [0.29, 0.717) is 0 Å². The van der Waals surface area contributed by atoms with Crippen molar-refractivity contribution in [2.24, 2.45) is 0 Å². The second-order valence-corrected chi connectivity index (χ2v) is 7.13. The molecule has 27 heavy (non-hydrogen) atoms. The van der Waals surface area contributed by atoms with Crippen LogP contribution in [0.2, 0.25) is 0 Å². The molecule has 0 unspecified atom stereocenters. The lowest BCUT2D eigenvalue weighted by molar-refractivity contribution is 1.34. The van der Waals surface area contributed by atoms with Gasteiger partial charge < -0.3 is 4.81 Å². The lowest BCUT2D eigenvalue weighted by Gasteiger charge is -2.39. The van der Waals surface area contributed by atoms with Gasteiger partial charge in [-0.1, -0.05) is 89.9 Å². The van der Waals surface area contributed by atoms with E-state index in [2.05, 4.69) is 115 Å². The highest BCUT2D eigenvalue weighted by Crippen LogP contribution is 2.39. The fraction of sp³-hybridized carbons (Fsp3) is 0.0400. The van der Waals surface area contributed by atoms with Crippen molar-refractivity contribution >= 4 is 29.1 Å². The zero-order valence-electron chi connectivity index (χ0n) is 15.3. The summed E-state index contributed by atoms with van der Waals surface area (Å²) in [6.07, 6.45) is 0. The Kier molecular flexibility index (Phi) is 3.83. The van der Waals surface area contributed by atoms with E-state index < -0.39 is 0 Å². The van der Waals surface area contributed by atoms with E-state index in [1.165, 1.54) is 39.0 Å². The van der Waals surface area contributed by atoms with Gasteiger partial charge in [0.05, 0.1) is 0 Å². The van der Waals surface area contributed by atoms with Gasteiger partial charge in [0.2, 0.25) is 0 Å². The zero-order chi connectivity index (χ0) is 18.2. The lowest BCUT2D eigenvalue weighted by Crippen LogP contribution is -2.57. The van der Waals surface area contributed by atoms with E-state index in [1.807, 2.05) is 0 Å². The molecule has 0 fully saturated rings. The zero-order valence-corrected chi connectivity index (χ0v) is 15.3. The number of hydrogen-bond acceptors (Lipinski definition) is 1. The third-order valence-electron chi connectivity index (χ3n) is 5.37. The topological polar surface area (TPSA) is 3.24 Å². The van der Waals surface area contributed by atoms with Gasteiger partial charge in [-0.15, -0.1) is 0 Å². The van der Waals surface area contributed by atoms with Crippen LogP contribution >= 0.6 is 0 Å². The van der Waals surface area contributed by atoms with Gasteiger partial charge in [0.25, 0.3) is 0 Å². The van der Waals surface area contributed by atoms with Gasteiger partial charge in [-0.05, 0) is 42.2 Å². The van der Waals surface area contributed by atoms with Crippen LogP contribution < -0.4 is 15.7 Å². The number of benzene rings is 4. The Labute approximate surface area is 161 Å². The normalized spacial score (nSPS) is 12.5. The molecule has 128 valence electrons. The first-order valence-electron chi connectivity index (χ1n) is 9.42. The Morgan fingerprint density at radius 1 is 0.630 bits per heavy atom. The monoisotopic (exact) mass is 345 g/mol. The Hall–Kier alpha value is -3.26. The maximum Gasteiger partial charge on any atom is 0.328 e. The van der Waals surface area contributed by atoms with E-state index in [4.69, 9.17) is 0 Å². The largest absolute Gasteiger partial charge is 0.376 e. The molecule has 0 saturated carbocycles. The maximum absolute atomic E-state index is 2.48. The molecule has 1 nitrogen and oxygen atoms in total. The van der Waals surface area contributed by atoms with Crippen LogP contribution in [-0.2, 0) is 0 Å². The standard InChI is InChI=1S/C25H20BN/c1-19-16-17-25-23(18-19)22-14-8-9-15-24(22)26(20-10-4-2-5-11-20)27(25)21-12-6-3-7-13-21/h2-18H,1H3. The summed E-state index contributed by atoms with van der Waals surface area (Å²) < 4.78 is 0. The first-order chi connectivity index (χ1) is 13.3. The van der Waals surface area contributed by atoms with Crippen molar-refractivity contribution in [1.29, 1.82) is 0 Å². The average molecular weight is 345 g/mol. The Morgan fingerprint density at radius 3 is 2.07 bits per heavy atom. The molecule has 0 atom stereocenters. The van der Waals surface area contributed by atoms with Gasteiger partial charge in [0.1, 0.15) is 0 Å². The molecule has 1 aliphatic rings. The second-order valence-electron chi connectivity index (χ2n) is 7.13. The van der Waals surface area contributed by atoms with Crippen LogP contribution in [0.5, 0.6) is 0 Å². The third kappa shape index (κ3) is 2.65. The van der Waals surface area contributed by atoms with Gasteiger partial charge in [-0.3, -0.25) is 0 Å². The van der Waals surface area contributed by atoms with E-state index in [9.17, 15) is 0 Å². The quantitative estimate of drug-likeness (QED) is 0.466. The van der Waals surface area contributed by atoms with E-state index >= 15 is 0 Å². The predicted molar refractivity (Wildman–Crippen MR) is 117 cm³/mol. The molecule has 0 aliphatic carbocycles. The van der Waals surface area contributed by atoms with E-state index in [0.717, 1.165) is 0 Å². The third-order valence-corrected chi connectivity index (χ3v) is 5.37. The highest BCUT2D eigenvalue weighted by Gasteiger charge is 2.36. The molecular weight excluding hydrogens is 325 g/mol. The summed E-state index contributed by atoms with van der Waals surface area (Å²) >= 11 is 0. The molecule has 0 spiro atoms. The molecule has 0 radical (unpaired) electrons. The molecule has 0 bridgehead atoms.